The zero-order valence-electron chi connectivity index (χ0n) is 9.23. The largest absolute Gasteiger partial charge is 0.325 e. The van der Waals surface area contributed by atoms with Gasteiger partial charge in [0, 0.05) is 12.2 Å². The highest BCUT2D eigenvalue weighted by Gasteiger charge is 2.11. The number of halogens is 1. The second-order valence-corrected chi connectivity index (χ2v) is 5.54. The number of hydrogen-bond donors (Lipinski definition) is 2. The summed E-state index contributed by atoms with van der Waals surface area (Å²) in [6.45, 7) is 2.05. The third-order valence-electron chi connectivity index (χ3n) is 1.90. The highest BCUT2D eigenvalue weighted by atomic mass is 79.9. The number of sulfonamides is 1. The predicted molar refractivity (Wildman–Crippen MR) is 69.7 cm³/mol. The topological polar surface area (TPSA) is 75.3 Å². The molecule has 0 bridgehead atoms. The standard InChI is InChI=1S/C10H13BrN2O3S/c1-2-12-17(15,16)9-5-3-8(4-6-9)13-10(14)7-11/h3-6,12H,2,7H2,1H3,(H,13,14). The van der Waals surface area contributed by atoms with E-state index in [1.165, 1.54) is 12.1 Å². The average molecular weight is 321 g/mol. The Kier molecular flexibility index (Phi) is 5.10. The van der Waals surface area contributed by atoms with Crippen LogP contribution in [0.15, 0.2) is 29.2 Å². The summed E-state index contributed by atoms with van der Waals surface area (Å²) in [5.74, 6) is -0.188. The van der Waals surface area contributed by atoms with Crippen molar-refractivity contribution in [3.8, 4) is 0 Å². The Labute approximate surface area is 109 Å². The molecule has 0 unspecified atom stereocenters. The molecule has 17 heavy (non-hydrogen) atoms. The summed E-state index contributed by atoms with van der Waals surface area (Å²) in [5, 5.41) is 2.80. The van der Waals surface area contributed by atoms with Crippen LogP contribution in [0.4, 0.5) is 5.69 Å². The van der Waals surface area contributed by atoms with Gasteiger partial charge in [-0.15, -0.1) is 0 Å². The molecule has 0 aliphatic carbocycles. The van der Waals surface area contributed by atoms with E-state index in [9.17, 15) is 13.2 Å². The summed E-state index contributed by atoms with van der Waals surface area (Å²) in [7, 11) is -3.43. The minimum atomic E-state index is -3.43. The van der Waals surface area contributed by atoms with Gasteiger partial charge in [-0.05, 0) is 24.3 Å². The van der Waals surface area contributed by atoms with Crippen LogP contribution in [0.2, 0.25) is 0 Å². The zero-order chi connectivity index (χ0) is 12.9. The summed E-state index contributed by atoms with van der Waals surface area (Å²) in [6, 6.07) is 5.99. The van der Waals surface area contributed by atoms with Gasteiger partial charge in [0.25, 0.3) is 0 Å². The number of amides is 1. The first kappa shape index (κ1) is 14.1. The highest BCUT2D eigenvalue weighted by Crippen LogP contribution is 2.13. The van der Waals surface area contributed by atoms with Crippen molar-refractivity contribution in [3.05, 3.63) is 24.3 Å². The maximum absolute atomic E-state index is 11.6. The average Bonchev–Trinajstić information content (AvgIpc) is 2.29. The van der Waals surface area contributed by atoms with Gasteiger partial charge in [-0.3, -0.25) is 4.79 Å². The quantitative estimate of drug-likeness (QED) is 0.803. The molecule has 0 saturated heterocycles. The van der Waals surface area contributed by atoms with Gasteiger partial charge in [0.2, 0.25) is 15.9 Å². The van der Waals surface area contributed by atoms with E-state index in [0.717, 1.165) is 0 Å². The maximum Gasteiger partial charge on any atom is 0.240 e. The lowest BCUT2D eigenvalue weighted by molar-refractivity contribution is -0.113. The zero-order valence-corrected chi connectivity index (χ0v) is 11.6. The molecular weight excluding hydrogens is 308 g/mol. The molecule has 1 aromatic carbocycles. The van der Waals surface area contributed by atoms with Gasteiger partial charge in [0.1, 0.15) is 0 Å². The van der Waals surface area contributed by atoms with Gasteiger partial charge >= 0.3 is 0 Å². The molecule has 1 amide bonds. The van der Waals surface area contributed by atoms with Crippen molar-refractivity contribution in [1.82, 2.24) is 4.72 Å². The molecule has 0 aliphatic rings. The van der Waals surface area contributed by atoms with Gasteiger partial charge in [-0.2, -0.15) is 0 Å². The number of carbonyl (C=O) groups is 1. The Morgan fingerprint density at radius 1 is 1.29 bits per heavy atom. The fraction of sp³-hybridized carbons (Fsp3) is 0.300. The lowest BCUT2D eigenvalue weighted by Crippen LogP contribution is -2.23. The molecule has 94 valence electrons. The van der Waals surface area contributed by atoms with E-state index in [-0.39, 0.29) is 16.1 Å². The smallest absolute Gasteiger partial charge is 0.240 e. The molecule has 0 saturated carbocycles. The van der Waals surface area contributed by atoms with Crippen molar-refractivity contribution in [3.63, 3.8) is 0 Å². The van der Waals surface area contributed by atoms with Crippen molar-refractivity contribution in [2.45, 2.75) is 11.8 Å². The fourth-order valence-corrected chi connectivity index (χ4v) is 2.37. The van der Waals surface area contributed by atoms with Crippen molar-refractivity contribution in [2.75, 3.05) is 17.2 Å². The Bertz CT molecular complexity index is 485. The number of anilines is 1. The van der Waals surface area contributed by atoms with Crippen LogP contribution in [0.25, 0.3) is 0 Å². The third-order valence-corrected chi connectivity index (χ3v) is 3.97. The number of benzene rings is 1. The molecule has 2 N–H and O–H groups in total. The molecule has 1 rings (SSSR count). The molecule has 0 fully saturated rings. The Balaban J connectivity index is 2.85. The number of alkyl halides is 1. The molecule has 1 aromatic rings. The molecule has 0 aliphatic heterocycles. The molecule has 5 nitrogen and oxygen atoms in total. The Morgan fingerprint density at radius 2 is 1.88 bits per heavy atom. The first-order valence-electron chi connectivity index (χ1n) is 4.95. The van der Waals surface area contributed by atoms with Gasteiger partial charge in [-0.25, -0.2) is 13.1 Å². The van der Waals surface area contributed by atoms with Gasteiger partial charge in [-0.1, -0.05) is 22.9 Å². The third kappa shape index (κ3) is 4.10. The summed E-state index contributed by atoms with van der Waals surface area (Å²) in [5.41, 5.74) is 0.560. The van der Waals surface area contributed by atoms with Gasteiger partial charge < -0.3 is 5.32 Å². The predicted octanol–water partition coefficient (Wildman–Crippen LogP) is 1.32. The monoisotopic (exact) mass is 320 g/mol. The van der Waals surface area contributed by atoms with E-state index in [4.69, 9.17) is 0 Å². The van der Waals surface area contributed by atoms with E-state index in [1.54, 1.807) is 19.1 Å². The SMILES string of the molecule is CCNS(=O)(=O)c1ccc(NC(=O)CBr)cc1. The summed E-state index contributed by atoms with van der Waals surface area (Å²) in [6.07, 6.45) is 0. The summed E-state index contributed by atoms with van der Waals surface area (Å²) < 4.78 is 25.6. The van der Waals surface area contributed by atoms with Crippen molar-refractivity contribution in [2.24, 2.45) is 0 Å². The molecule has 0 spiro atoms. The van der Waals surface area contributed by atoms with Crippen LogP contribution >= 0.6 is 15.9 Å². The minimum absolute atomic E-state index is 0.177. The van der Waals surface area contributed by atoms with Crippen LogP contribution in [-0.2, 0) is 14.8 Å². The molecule has 0 radical (unpaired) electrons. The number of hydrogen-bond acceptors (Lipinski definition) is 3. The second kappa shape index (κ2) is 6.13. The van der Waals surface area contributed by atoms with Crippen LogP contribution in [-0.4, -0.2) is 26.2 Å². The van der Waals surface area contributed by atoms with Gasteiger partial charge in [0.15, 0.2) is 0 Å². The van der Waals surface area contributed by atoms with Crippen LogP contribution in [0.3, 0.4) is 0 Å². The first-order chi connectivity index (χ1) is 7.99. The van der Waals surface area contributed by atoms with Crippen molar-refractivity contribution < 1.29 is 13.2 Å². The fourth-order valence-electron chi connectivity index (χ4n) is 1.19. The van der Waals surface area contributed by atoms with E-state index in [1.807, 2.05) is 0 Å². The van der Waals surface area contributed by atoms with Crippen molar-refractivity contribution in [1.29, 1.82) is 0 Å². The maximum atomic E-state index is 11.6. The Hall–Kier alpha value is -0.920. The van der Waals surface area contributed by atoms with Crippen LogP contribution < -0.4 is 10.0 Å². The van der Waals surface area contributed by atoms with E-state index >= 15 is 0 Å². The van der Waals surface area contributed by atoms with E-state index < -0.39 is 10.0 Å². The molecule has 7 heteroatoms. The molecular formula is C10H13BrN2O3S. The van der Waals surface area contributed by atoms with Gasteiger partial charge in [0.05, 0.1) is 10.2 Å². The minimum Gasteiger partial charge on any atom is -0.325 e. The molecule has 0 atom stereocenters. The summed E-state index contributed by atoms with van der Waals surface area (Å²) in [4.78, 5) is 11.3. The lowest BCUT2D eigenvalue weighted by atomic mass is 10.3. The van der Waals surface area contributed by atoms with Crippen molar-refractivity contribution >= 4 is 37.5 Å². The van der Waals surface area contributed by atoms with Crippen LogP contribution in [0.5, 0.6) is 0 Å². The normalized spacial score (nSPS) is 11.2. The van der Waals surface area contributed by atoms with Crippen LogP contribution in [0.1, 0.15) is 6.92 Å². The molecule has 0 heterocycles. The molecule has 0 aromatic heterocycles. The second-order valence-electron chi connectivity index (χ2n) is 3.21. The Morgan fingerprint density at radius 3 is 2.35 bits per heavy atom. The lowest BCUT2D eigenvalue weighted by Gasteiger charge is -2.06. The van der Waals surface area contributed by atoms with Crippen LogP contribution in [0, 0.1) is 0 Å². The first-order valence-corrected chi connectivity index (χ1v) is 7.55. The number of rotatable bonds is 5. The summed E-state index contributed by atoms with van der Waals surface area (Å²) >= 11 is 3.02. The number of carbonyl (C=O) groups excluding carboxylic acids is 1. The highest BCUT2D eigenvalue weighted by molar-refractivity contribution is 9.09. The van der Waals surface area contributed by atoms with E-state index in [2.05, 4.69) is 26.0 Å². The van der Waals surface area contributed by atoms with E-state index in [0.29, 0.717) is 12.2 Å². The number of nitrogens with one attached hydrogen (secondary N) is 2.